The highest BCUT2D eigenvalue weighted by Gasteiger charge is 2.09. The Labute approximate surface area is 149 Å². The third-order valence-corrected chi connectivity index (χ3v) is 3.57. The molecule has 2 rings (SSSR count). The Morgan fingerprint density at radius 3 is 1.54 bits per heavy atom. The first-order valence-electron chi connectivity index (χ1n) is 6.99. The molecule has 0 aliphatic carbocycles. The molecule has 0 aromatic heterocycles. The summed E-state index contributed by atoms with van der Waals surface area (Å²) in [5, 5.41) is 0.605. The molecule has 2 aromatic rings. The summed E-state index contributed by atoms with van der Waals surface area (Å²) in [5.74, 6) is -1.03. The molecule has 0 saturated heterocycles. The Hall–Kier alpha value is -2.30. The molecule has 124 valence electrons. The minimum atomic E-state index is -0.741. The van der Waals surface area contributed by atoms with Gasteiger partial charge in [-0.15, -0.1) is 0 Å². The average molecular weight is 365 g/mol. The molecule has 0 aliphatic rings. The molecular formula is C18H14Cl2O4. The summed E-state index contributed by atoms with van der Waals surface area (Å²) in [6.45, 7) is 3.68. The van der Waals surface area contributed by atoms with Crippen LogP contribution in [0.1, 0.15) is 11.1 Å². The predicted molar refractivity (Wildman–Crippen MR) is 92.8 cm³/mol. The fourth-order valence-corrected chi connectivity index (χ4v) is 2.11. The van der Waals surface area contributed by atoms with E-state index in [1.54, 1.807) is 36.4 Å². The minimum Gasteiger partial charge on any atom is -0.422 e. The van der Waals surface area contributed by atoms with Crippen molar-refractivity contribution in [2.45, 2.75) is 13.8 Å². The van der Waals surface area contributed by atoms with Crippen LogP contribution in [0.2, 0.25) is 10.0 Å². The molecule has 0 amide bonds. The lowest BCUT2D eigenvalue weighted by atomic mass is 10.2. The van der Waals surface area contributed by atoms with Gasteiger partial charge in [-0.3, -0.25) is 0 Å². The number of ether oxygens (including phenoxy) is 2. The summed E-state index contributed by atoms with van der Waals surface area (Å²) < 4.78 is 10.2. The minimum absolute atomic E-state index is 0.224. The third-order valence-electron chi connectivity index (χ3n) is 2.95. The van der Waals surface area contributed by atoms with Crippen LogP contribution in [0.4, 0.5) is 0 Å². The zero-order valence-corrected chi connectivity index (χ0v) is 14.5. The maximum atomic E-state index is 11.8. The number of hydrogen-bond donors (Lipinski definition) is 0. The smallest absolute Gasteiger partial charge is 0.336 e. The fourth-order valence-electron chi connectivity index (χ4n) is 1.80. The van der Waals surface area contributed by atoms with Crippen molar-refractivity contribution >= 4 is 35.1 Å². The number of carbonyl (C=O) groups is 2. The Balaban J connectivity index is 1.99. The summed E-state index contributed by atoms with van der Waals surface area (Å²) in [4.78, 5) is 23.5. The second-order valence-corrected chi connectivity index (χ2v) is 5.86. The van der Waals surface area contributed by atoms with Crippen LogP contribution in [0, 0.1) is 13.8 Å². The number of halogens is 2. The summed E-state index contributed by atoms with van der Waals surface area (Å²) in [6.07, 6.45) is 1.93. The van der Waals surface area contributed by atoms with Gasteiger partial charge < -0.3 is 9.47 Å². The second-order valence-electron chi connectivity index (χ2n) is 5.04. The molecule has 0 heterocycles. The molecule has 0 bridgehead atoms. The molecule has 6 heteroatoms. The molecule has 0 saturated carbocycles. The van der Waals surface area contributed by atoms with Gasteiger partial charge >= 0.3 is 11.9 Å². The molecule has 2 aromatic carbocycles. The summed E-state index contributed by atoms with van der Waals surface area (Å²) >= 11 is 11.9. The Morgan fingerprint density at radius 1 is 0.792 bits per heavy atom. The molecule has 0 aliphatic heterocycles. The number of rotatable bonds is 4. The Bertz CT molecular complexity index is 745. The Kier molecular flexibility index (Phi) is 6.01. The number of benzene rings is 2. The van der Waals surface area contributed by atoms with Crippen LogP contribution in [-0.4, -0.2) is 11.9 Å². The van der Waals surface area contributed by atoms with Gasteiger partial charge in [-0.1, -0.05) is 35.3 Å². The van der Waals surface area contributed by atoms with Crippen molar-refractivity contribution in [1.82, 2.24) is 0 Å². The highest BCUT2D eigenvalue weighted by atomic mass is 35.5. The number of hydrogen-bond acceptors (Lipinski definition) is 4. The second kappa shape index (κ2) is 7.99. The van der Waals surface area contributed by atoms with Crippen molar-refractivity contribution in [1.29, 1.82) is 0 Å². The van der Waals surface area contributed by atoms with E-state index in [1.165, 1.54) is 0 Å². The Morgan fingerprint density at radius 2 is 1.17 bits per heavy atom. The molecular weight excluding hydrogens is 351 g/mol. The molecule has 0 radical (unpaired) electrons. The van der Waals surface area contributed by atoms with Crippen molar-refractivity contribution in [3.8, 4) is 11.5 Å². The van der Waals surface area contributed by atoms with Crippen LogP contribution in [0.3, 0.4) is 0 Å². The van der Waals surface area contributed by atoms with Crippen molar-refractivity contribution in [3.05, 3.63) is 69.7 Å². The lowest BCUT2D eigenvalue weighted by Crippen LogP contribution is -2.09. The van der Waals surface area contributed by atoms with Gasteiger partial charge in [-0.2, -0.15) is 0 Å². The topological polar surface area (TPSA) is 52.6 Å². The third kappa shape index (κ3) is 5.11. The SMILES string of the molecule is Cc1ccc(Cl)c(OC(=O)/C=C/C(=O)Oc2cc(C)ccc2Cl)c1. The maximum Gasteiger partial charge on any atom is 0.336 e. The molecule has 0 spiro atoms. The van der Waals surface area contributed by atoms with Crippen LogP contribution in [0.15, 0.2) is 48.6 Å². The van der Waals surface area contributed by atoms with Crippen molar-refractivity contribution in [2.75, 3.05) is 0 Å². The van der Waals surface area contributed by atoms with Gasteiger partial charge in [0.25, 0.3) is 0 Å². The highest BCUT2D eigenvalue weighted by Crippen LogP contribution is 2.26. The molecule has 4 nitrogen and oxygen atoms in total. The van der Waals surface area contributed by atoms with Crippen molar-refractivity contribution in [2.24, 2.45) is 0 Å². The highest BCUT2D eigenvalue weighted by molar-refractivity contribution is 6.32. The van der Waals surface area contributed by atoms with Crippen molar-refractivity contribution < 1.29 is 19.1 Å². The van der Waals surface area contributed by atoms with Crippen LogP contribution in [0.25, 0.3) is 0 Å². The number of aryl methyl sites for hydroxylation is 2. The summed E-state index contributed by atoms with van der Waals surface area (Å²) in [6, 6.07) is 10.1. The number of esters is 2. The van der Waals surface area contributed by atoms with Crippen molar-refractivity contribution in [3.63, 3.8) is 0 Å². The average Bonchev–Trinajstić information content (AvgIpc) is 2.52. The fraction of sp³-hybridized carbons (Fsp3) is 0.111. The van der Waals surface area contributed by atoms with E-state index in [4.69, 9.17) is 32.7 Å². The van der Waals surface area contributed by atoms with E-state index in [9.17, 15) is 9.59 Å². The summed E-state index contributed by atoms with van der Waals surface area (Å²) in [7, 11) is 0. The zero-order chi connectivity index (χ0) is 17.7. The van der Waals surface area contributed by atoms with E-state index in [0.29, 0.717) is 10.0 Å². The monoisotopic (exact) mass is 364 g/mol. The van der Waals surface area contributed by atoms with E-state index < -0.39 is 11.9 Å². The first-order chi connectivity index (χ1) is 11.3. The molecule has 24 heavy (non-hydrogen) atoms. The summed E-state index contributed by atoms with van der Waals surface area (Å²) in [5.41, 5.74) is 1.78. The first kappa shape index (κ1) is 18.0. The van der Waals surface area contributed by atoms with E-state index in [-0.39, 0.29) is 11.5 Å². The number of carbonyl (C=O) groups excluding carboxylic acids is 2. The molecule has 0 unspecified atom stereocenters. The van der Waals surface area contributed by atoms with E-state index in [2.05, 4.69) is 0 Å². The molecule has 0 atom stereocenters. The normalized spacial score (nSPS) is 10.7. The van der Waals surface area contributed by atoms with Gasteiger partial charge in [0.15, 0.2) is 0 Å². The quantitative estimate of drug-likeness (QED) is 0.449. The van der Waals surface area contributed by atoms with Gasteiger partial charge in [0, 0.05) is 12.2 Å². The lowest BCUT2D eigenvalue weighted by Gasteiger charge is -2.05. The van der Waals surface area contributed by atoms with Gasteiger partial charge in [0.2, 0.25) is 0 Å². The van der Waals surface area contributed by atoms with Crippen LogP contribution >= 0.6 is 23.2 Å². The van der Waals surface area contributed by atoms with Gasteiger partial charge in [-0.05, 0) is 49.2 Å². The molecule has 0 N–H and O–H groups in total. The maximum absolute atomic E-state index is 11.8. The lowest BCUT2D eigenvalue weighted by molar-refractivity contribution is -0.131. The van der Waals surface area contributed by atoms with Crippen LogP contribution in [0.5, 0.6) is 11.5 Å². The van der Waals surface area contributed by atoms with Crippen LogP contribution in [-0.2, 0) is 9.59 Å². The van der Waals surface area contributed by atoms with Gasteiger partial charge in [-0.25, -0.2) is 9.59 Å². The van der Waals surface area contributed by atoms with Gasteiger partial charge in [0.1, 0.15) is 11.5 Å². The zero-order valence-electron chi connectivity index (χ0n) is 13.0. The van der Waals surface area contributed by atoms with E-state index >= 15 is 0 Å². The van der Waals surface area contributed by atoms with Gasteiger partial charge in [0.05, 0.1) is 10.0 Å². The van der Waals surface area contributed by atoms with E-state index in [1.807, 2.05) is 13.8 Å². The standard InChI is InChI=1S/C18H14Cl2O4/c1-11-3-5-13(19)15(9-11)23-17(21)7-8-18(22)24-16-10-12(2)4-6-14(16)20/h3-10H,1-2H3/b8-7+. The largest absolute Gasteiger partial charge is 0.422 e. The van der Waals surface area contributed by atoms with Crippen LogP contribution < -0.4 is 9.47 Å². The van der Waals surface area contributed by atoms with E-state index in [0.717, 1.165) is 23.3 Å². The molecule has 0 fully saturated rings. The predicted octanol–water partition coefficient (Wildman–Crippen LogP) is 4.68. The first-order valence-corrected chi connectivity index (χ1v) is 7.75.